The Hall–Kier alpha value is -4.24. The summed E-state index contributed by atoms with van der Waals surface area (Å²) in [5, 5.41) is 10.6. The first-order chi connectivity index (χ1) is 20.8. The molecule has 1 saturated carbocycles. The van der Waals surface area contributed by atoms with Crippen molar-refractivity contribution in [3.8, 4) is 17.0 Å². The summed E-state index contributed by atoms with van der Waals surface area (Å²) in [6.07, 6.45) is 3.69. The zero-order chi connectivity index (χ0) is 30.1. The van der Waals surface area contributed by atoms with Gasteiger partial charge in [-0.05, 0) is 80.5 Å². The molecule has 0 radical (unpaired) electrons. The summed E-state index contributed by atoms with van der Waals surface area (Å²) in [5.41, 5.74) is 5.08. The van der Waals surface area contributed by atoms with E-state index in [0.717, 1.165) is 46.3 Å². The third kappa shape index (κ3) is 5.86. The number of ether oxygens (including phenoxy) is 1. The Labute approximate surface area is 250 Å². The first-order valence-corrected chi connectivity index (χ1v) is 14.9. The topological polar surface area (TPSA) is 87.9 Å². The number of hydrogen-bond acceptors (Lipinski definition) is 5. The van der Waals surface area contributed by atoms with Crippen molar-refractivity contribution in [1.82, 2.24) is 19.4 Å². The van der Waals surface area contributed by atoms with Gasteiger partial charge in [-0.25, -0.2) is 9.18 Å². The number of halogens is 1. The predicted molar refractivity (Wildman–Crippen MR) is 163 cm³/mol. The molecule has 224 valence electrons. The summed E-state index contributed by atoms with van der Waals surface area (Å²) >= 11 is 0. The number of amides is 1. The van der Waals surface area contributed by atoms with Gasteiger partial charge in [-0.3, -0.25) is 9.78 Å². The number of nitrogens with zero attached hydrogens (tertiary/aromatic N) is 4. The highest BCUT2D eigenvalue weighted by atomic mass is 19.1. The molecule has 0 bridgehead atoms. The van der Waals surface area contributed by atoms with Gasteiger partial charge in [-0.1, -0.05) is 25.0 Å². The van der Waals surface area contributed by atoms with Crippen molar-refractivity contribution in [2.45, 2.75) is 57.5 Å². The van der Waals surface area contributed by atoms with Gasteiger partial charge in [0.15, 0.2) is 0 Å². The second kappa shape index (κ2) is 12.2. The molecular formula is C34H37FN4O4. The van der Waals surface area contributed by atoms with Gasteiger partial charge >= 0.3 is 5.97 Å². The fraction of sp³-hybridized carbons (Fsp3) is 0.382. The van der Waals surface area contributed by atoms with E-state index in [4.69, 9.17) is 4.74 Å². The van der Waals surface area contributed by atoms with Gasteiger partial charge in [0.2, 0.25) is 5.91 Å². The van der Waals surface area contributed by atoms with Crippen molar-refractivity contribution in [3.63, 3.8) is 0 Å². The molecule has 0 unspecified atom stereocenters. The van der Waals surface area contributed by atoms with E-state index in [1.54, 1.807) is 24.4 Å². The van der Waals surface area contributed by atoms with Crippen LogP contribution < -0.4 is 4.74 Å². The second-order valence-corrected chi connectivity index (χ2v) is 11.8. The van der Waals surface area contributed by atoms with E-state index in [1.165, 1.54) is 0 Å². The molecule has 1 fully saturated rings. The van der Waals surface area contributed by atoms with Crippen LogP contribution in [0.3, 0.4) is 0 Å². The number of alkyl halides is 1. The number of pyridine rings is 1. The SMILES string of the molecule is CN(C)CCN1Cc2cc(OCc3ccccn3)ccc2-c2c([C@@H]3CCCC[C@H]3F)c3ccc(C(=O)O)cc3n2CC1=O. The van der Waals surface area contributed by atoms with Crippen LogP contribution in [0, 0.1) is 0 Å². The lowest BCUT2D eigenvalue weighted by Gasteiger charge is -2.31. The number of carboxylic acids is 1. The van der Waals surface area contributed by atoms with Crippen LogP contribution in [0.25, 0.3) is 22.2 Å². The molecule has 4 aromatic rings. The molecule has 8 nitrogen and oxygen atoms in total. The quantitative estimate of drug-likeness (QED) is 0.278. The largest absolute Gasteiger partial charge is 0.487 e. The molecule has 2 atom stereocenters. The zero-order valence-corrected chi connectivity index (χ0v) is 24.6. The van der Waals surface area contributed by atoms with E-state index in [-0.39, 0.29) is 23.9 Å². The third-order valence-corrected chi connectivity index (χ3v) is 8.67. The Morgan fingerprint density at radius 3 is 2.67 bits per heavy atom. The number of aromatic nitrogens is 2. The number of carbonyl (C=O) groups is 2. The first kappa shape index (κ1) is 28.9. The second-order valence-electron chi connectivity index (χ2n) is 11.8. The molecule has 2 aromatic heterocycles. The highest BCUT2D eigenvalue weighted by Crippen LogP contribution is 2.47. The summed E-state index contributed by atoms with van der Waals surface area (Å²) in [6, 6.07) is 16.6. The van der Waals surface area contributed by atoms with E-state index in [0.29, 0.717) is 50.3 Å². The molecule has 0 saturated heterocycles. The molecule has 2 aromatic carbocycles. The molecule has 2 aliphatic rings. The van der Waals surface area contributed by atoms with E-state index in [2.05, 4.69) is 4.98 Å². The molecule has 1 aliphatic heterocycles. The van der Waals surface area contributed by atoms with Crippen LogP contribution in [0.4, 0.5) is 4.39 Å². The zero-order valence-electron chi connectivity index (χ0n) is 24.6. The number of rotatable bonds is 8. The molecule has 6 rings (SSSR count). The van der Waals surface area contributed by atoms with Crippen molar-refractivity contribution < 1.29 is 23.8 Å². The third-order valence-electron chi connectivity index (χ3n) is 8.67. The van der Waals surface area contributed by atoms with Crippen LogP contribution in [0.1, 0.15) is 58.8 Å². The van der Waals surface area contributed by atoms with Gasteiger partial charge in [0, 0.05) is 42.7 Å². The van der Waals surface area contributed by atoms with Gasteiger partial charge in [0.1, 0.15) is 25.1 Å². The maximum absolute atomic E-state index is 15.7. The minimum atomic E-state index is -1.04. The Balaban J connectivity index is 1.54. The number of fused-ring (bicyclic) bond motifs is 5. The van der Waals surface area contributed by atoms with Crippen LogP contribution in [0.15, 0.2) is 60.8 Å². The minimum Gasteiger partial charge on any atom is -0.487 e. The maximum Gasteiger partial charge on any atom is 0.335 e. The maximum atomic E-state index is 15.7. The van der Waals surface area contributed by atoms with Gasteiger partial charge in [0.25, 0.3) is 0 Å². The predicted octanol–water partition coefficient (Wildman–Crippen LogP) is 5.88. The lowest BCUT2D eigenvalue weighted by molar-refractivity contribution is -0.132. The van der Waals surface area contributed by atoms with Gasteiger partial charge in [-0.15, -0.1) is 0 Å². The fourth-order valence-corrected chi connectivity index (χ4v) is 6.47. The Bertz CT molecular complexity index is 1650. The smallest absolute Gasteiger partial charge is 0.335 e. The highest BCUT2D eigenvalue weighted by Gasteiger charge is 2.35. The lowest BCUT2D eigenvalue weighted by atomic mass is 9.80. The Morgan fingerprint density at radius 2 is 1.93 bits per heavy atom. The summed E-state index contributed by atoms with van der Waals surface area (Å²) in [7, 11) is 3.95. The number of aromatic carboxylic acids is 1. The van der Waals surface area contributed by atoms with E-state index in [9.17, 15) is 14.7 Å². The van der Waals surface area contributed by atoms with Crippen molar-refractivity contribution in [2.24, 2.45) is 0 Å². The van der Waals surface area contributed by atoms with Gasteiger partial charge in [-0.2, -0.15) is 0 Å². The fourth-order valence-electron chi connectivity index (χ4n) is 6.47. The minimum absolute atomic E-state index is 0.0450. The van der Waals surface area contributed by atoms with Crippen molar-refractivity contribution in [3.05, 3.63) is 83.2 Å². The molecule has 1 N–H and O–H groups in total. The van der Waals surface area contributed by atoms with Crippen LogP contribution in [0.5, 0.6) is 5.75 Å². The first-order valence-electron chi connectivity index (χ1n) is 14.9. The molecule has 9 heteroatoms. The summed E-state index contributed by atoms with van der Waals surface area (Å²) in [4.78, 5) is 34.1. The average Bonchev–Trinajstić information content (AvgIpc) is 3.30. The van der Waals surface area contributed by atoms with Gasteiger partial charge in [0.05, 0.1) is 22.5 Å². The molecule has 0 spiro atoms. The van der Waals surface area contributed by atoms with Crippen molar-refractivity contribution in [2.75, 3.05) is 27.2 Å². The van der Waals surface area contributed by atoms with Crippen LogP contribution in [-0.4, -0.2) is 69.7 Å². The van der Waals surface area contributed by atoms with Crippen LogP contribution >= 0.6 is 0 Å². The highest BCUT2D eigenvalue weighted by molar-refractivity contribution is 5.99. The van der Waals surface area contributed by atoms with Gasteiger partial charge < -0.3 is 24.2 Å². The van der Waals surface area contributed by atoms with Crippen molar-refractivity contribution >= 4 is 22.8 Å². The number of benzene rings is 2. The molecule has 1 amide bonds. The summed E-state index contributed by atoms with van der Waals surface area (Å²) < 4.78 is 23.8. The molecule has 43 heavy (non-hydrogen) atoms. The monoisotopic (exact) mass is 584 g/mol. The van der Waals surface area contributed by atoms with Crippen LogP contribution in [-0.2, 0) is 24.5 Å². The molecule has 1 aliphatic carbocycles. The number of hydrogen-bond donors (Lipinski definition) is 1. The average molecular weight is 585 g/mol. The van der Waals surface area contributed by atoms with Crippen LogP contribution in [0.2, 0.25) is 0 Å². The Morgan fingerprint density at radius 1 is 1.09 bits per heavy atom. The standard InChI is InChI=1S/C34H37FN4O4/c1-37(2)15-16-38-19-23-17-25(43-21-24-7-5-6-14-36-24)11-13-26(23)33-32(27-8-3-4-9-29(27)35)28-12-10-22(34(41)42)18-30(28)39(33)20-31(38)40/h5-7,10-14,17-18,27,29H,3-4,8-9,15-16,19-21H2,1-2H3,(H,41,42)/t27-,29-/m1/s1. The normalized spacial score (nSPS) is 18.7. The molecule has 3 heterocycles. The number of likely N-dealkylation sites (N-methyl/N-ethyl adjacent to an activating group) is 1. The number of carbonyl (C=O) groups excluding carboxylic acids is 1. The lowest BCUT2D eigenvalue weighted by Crippen LogP contribution is -2.39. The van der Waals surface area contributed by atoms with E-state index < -0.39 is 12.1 Å². The number of carboxylic acid groups (broad SMARTS) is 1. The van der Waals surface area contributed by atoms with E-state index >= 15 is 4.39 Å². The summed E-state index contributed by atoms with van der Waals surface area (Å²) in [5.74, 6) is -0.794. The Kier molecular flexibility index (Phi) is 8.17. The molecular weight excluding hydrogens is 547 g/mol. The van der Waals surface area contributed by atoms with E-state index in [1.807, 2.05) is 64.9 Å². The van der Waals surface area contributed by atoms with Crippen molar-refractivity contribution in [1.29, 1.82) is 0 Å². The summed E-state index contributed by atoms with van der Waals surface area (Å²) in [6.45, 7) is 1.95.